The summed E-state index contributed by atoms with van der Waals surface area (Å²) in [7, 11) is 0. The molecule has 0 aliphatic carbocycles. The van der Waals surface area contributed by atoms with Gasteiger partial charge in [-0.2, -0.15) is 0 Å². The van der Waals surface area contributed by atoms with E-state index in [2.05, 4.69) is 19.2 Å². The molecule has 2 heterocycles. The van der Waals surface area contributed by atoms with Crippen molar-refractivity contribution in [2.24, 2.45) is 0 Å². The molecule has 2 aromatic rings. The Kier molecular flexibility index (Phi) is 5.31. The molecule has 0 radical (unpaired) electrons. The predicted molar refractivity (Wildman–Crippen MR) is 113 cm³/mol. The number of nitrogens with one attached hydrogen (secondary N) is 1. The standard InChI is InChI=1S/C24H28N2O3/c1-3-24(4-2)16-20(19-8-5-6-9-21(19)29-24)25-23(28)17-11-13-18(14-12-17)26-15-7-10-22(26)27/h5-6,8-9,11-14,20H,3-4,7,10,15-16H2,1-2H3,(H,25,28)/t20-/m0/s1. The molecular formula is C24H28N2O3. The van der Waals surface area contributed by atoms with Crippen LogP contribution in [-0.2, 0) is 4.79 Å². The van der Waals surface area contributed by atoms with Crippen LogP contribution in [0.5, 0.6) is 5.75 Å². The van der Waals surface area contributed by atoms with E-state index in [9.17, 15) is 9.59 Å². The van der Waals surface area contributed by atoms with E-state index in [1.165, 1.54) is 0 Å². The van der Waals surface area contributed by atoms with Gasteiger partial charge >= 0.3 is 0 Å². The summed E-state index contributed by atoms with van der Waals surface area (Å²) in [4.78, 5) is 26.7. The molecule has 1 atom stereocenters. The molecule has 0 bridgehead atoms. The van der Waals surface area contributed by atoms with Gasteiger partial charge in [0.05, 0.1) is 6.04 Å². The summed E-state index contributed by atoms with van der Waals surface area (Å²) in [5, 5.41) is 3.21. The Morgan fingerprint density at radius 1 is 1.14 bits per heavy atom. The van der Waals surface area contributed by atoms with Crippen LogP contribution in [0.3, 0.4) is 0 Å². The molecule has 2 aromatic carbocycles. The minimum Gasteiger partial charge on any atom is -0.487 e. The van der Waals surface area contributed by atoms with Crippen molar-refractivity contribution in [3.8, 4) is 5.75 Å². The van der Waals surface area contributed by atoms with Gasteiger partial charge in [-0.05, 0) is 49.6 Å². The van der Waals surface area contributed by atoms with Crippen LogP contribution in [-0.4, -0.2) is 24.0 Å². The maximum Gasteiger partial charge on any atom is 0.251 e. The number of benzene rings is 2. The Labute approximate surface area is 172 Å². The van der Waals surface area contributed by atoms with E-state index in [0.29, 0.717) is 12.0 Å². The van der Waals surface area contributed by atoms with E-state index in [1.807, 2.05) is 36.4 Å². The fraction of sp³-hybridized carbons (Fsp3) is 0.417. The SMILES string of the molecule is CCC1(CC)C[C@H](NC(=O)c2ccc(N3CCCC3=O)cc2)c2ccccc2O1. The summed E-state index contributed by atoms with van der Waals surface area (Å²) in [6, 6.07) is 15.2. The summed E-state index contributed by atoms with van der Waals surface area (Å²) in [5.41, 5.74) is 2.23. The minimum absolute atomic E-state index is 0.0906. The average Bonchev–Trinajstić information content (AvgIpc) is 3.19. The van der Waals surface area contributed by atoms with Crippen molar-refractivity contribution in [3.05, 3.63) is 59.7 Å². The van der Waals surface area contributed by atoms with Crippen LogP contribution >= 0.6 is 0 Å². The van der Waals surface area contributed by atoms with Crippen LogP contribution in [0.15, 0.2) is 48.5 Å². The average molecular weight is 392 g/mol. The number of hydrogen-bond acceptors (Lipinski definition) is 3. The van der Waals surface area contributed by atoms with Crippen molar-refractivity contribution < 1.29 is 14.3 Å². The molecule has 0 aromatic heterocycles. The number of anilines is 1. The Balaban J connectivity index is 1.53. The fourth-order valence-electron chi connectivity index (χ4n) is 4.39. The quantitative estimate of drug-likeness (QED) is 0.807. The van der Waals surface area contributed by atoms with Crippen molar-refractivity contribution >= 4 is 17.5 Å². The first-order valence-electron chi connectivity index (χ1n) is 10.5. The molecule has 1 fully saturated rings. The smallest absolute Gasteiger partial charge is 0.251 e. The molecule has 152 valence electrons. The highest BCUT2D eigenvalue weighted by molar-refractivity contribution is 5.97. The summed E-state index contributed by atoms with van der Waals surface area (Å²) in [6.07, 6.45) is 4.03. The maximum absolute atomic E-state index is 13.0. The molecule has 2 aliphatic heterocycles. The van der Waals surface area contributed by atoms with Gasteiger partial charge in [-0.1, -0.05) is 32.0 Å². The number of fused-ring (bicyclic) bond motifs is 1. The molecular weight excluding hydrogens is 364 g/mol. The van der Waals surface area contributed by atoms with Gasteiger partial charge in [-0.3, -0.25) is 9.59 Å². The first kappa shape index (κ1) is 19.5. The van der Waals surface area contributed by atoms with E-state index in [1.54, 1.807) is 17.0 Å². The van der Waals surface area contributed by atoms with Gasteiger partial charge in [-0.15, -0.1) is 0 Å². The Morgan fingerprint density at radius 3 is 2.52 bits per heavy atom. The van der Waals surface area contributed by atoms with E-state index in [0.717, 1.165) is 49.2 Å². The zero-order valence-electron chi connectivity index (χ0n) is 17.1. The van der Waals surface area contributed by atoms with Crippen LogP contribution in [0.2, 0.25) is 0 Å². The molecule has 1 saturated heterocycles. The second-order valence-corrected chi connectivity index (χ2v) is 7.96. The van der Waals surface area contributed by atoms with E-state index < -0.39 is 0 Å². The lowest BCUT2D eigenvalue weighted by Crippen LogP contribution is -2.44. The van der Waals surface area contributed by atoms with Gasteiger partial charge in [0, 0.05) is 36.2 Å². The molecule has 5 heteroatoms. The Morgan fingerprint density at radius 2 is 1.86 bits per heavy atom. The summed E-state index contributed by atoms with van der Waals surface area (Å²) < 4.78 is 6.33. The maximum atomic E-state index is 13.0. The lowest BCUT2D eigenvalue weighted by Gasteiger charge is -2.41. The number of carbonyl (C=O) groups is 2. The summed E-state index contributed by atoms with van der Waals surface area (Å²) in [6.45, 7) is 5.02. The molecule has 4 rings (SSSR count). The third-order valence-corrected chi connectivity index (χ3v) is 6.31. The Hall–Kier alpha value is -2.82. The van der Waals surface area contributed by atoms with Crippen molar-refractivity contribution in [2.75, 3.05) is 11.4 Å². The highest BCUT2D eigenvalue weighted by Crippen LogP contribution is 2.42. The van der Waals surface area contributed by atoms with Crippen LogP contribution < -0.4 is 15.0 Å². The van der Waals surface area contributed by atoms with Gasteiger partial charge in [0.25, 0.3) is 5.91 Å². The molecule has 0 spiro atoms. The molecule has 2 aliphatic rings. The first-order chi connectivity index (χ1) is 14.0. The molecule has 1 N–H and O–H groups in total. The third kappa shape index (κ3) is 3.74. The topological polar surface area (TPSA) is 58.6 Å². The largest absolute Gasteiger partial charge is 0.487 e. The molecule has 29 heavy (non-hydrogen) atoms. The second kappa shape index (κ2) is 7.90. The monoisotopic (exact) mass is 392 g/mol. The van der Waals surface area contributed by atoms with Crippen LogP contribution in [0, 0.1) is 0 Å². The highest BCUT2D eigenvalue weighted by atomic mass is 16.5. The molecule has 5 nitrogen and oxygen atoms in total. The predicted octanol–water partition coefficient (Wildman–Crippen LogP) is 4.63. The number of amides is 2. The zero-order chi connectivity index (χ0) is 20.4. The van der Waals surface area contributed by atoms with Gasteiger partial charge in [0.2, 0.25) is 5.91 Å². The number of carbonyl (C=O) groups excluding carboxylic acids is 2. The third-order valence-electron chi connectivity index (χ3n) is 6.31. The zero-order valence-corrected chi connectivity index (χ0v) is 17.1. The minimum atomic E-state index is -0.258. The lowest BCUT2D eigenvalue weighted by atomic mass is 9.83. The van der Waals surface area contributed by atoms with Crippen LogP contribution in [0.25, 0.3) is 0 Å². The van der Waals surface area contributed by atoms with Gasteiger partial charge in [0.1, 0.15) is 11.4 Å². The normalized spacial score (nSPS) is 20.1. The highest BCUT2D eigenvalue weighted by Gasteiger charge is 2.39. The van der Waals surface area contributed by atoms with Crippen molar-refractivity contribution in [2.45, 2.75) is 57.6 Å². The van der Waals surface area contributed by atoms with E-state index in [4.69, 9.17) is 4.74 Å². The number of ether oxygens (including phenoxy) is 1. The summed E-state index contributed by atoms with van der Waals surface area (Å²) >= 11 is 0. The molecule has 2 amide bonds. The van der Waals surface area contributed by atoms with Crippen molar-refractivity contribution in [3.63, 3.8) is 0 Å². The van der Waals surface area contributed by atoms with Gasteiger partial charge in [-0.25, -0.2) is 0 Å². The van der Waals surface area contributed by atoms with Crippen LogP contribution in [0.1, 0.15) is 67.9 Å². The molecule has 0 saturated carbocycles. The second-order valence-electron chi connectivity index (χ2n) is 7.96. The lowest BCUT2D eigenvalue weighted by molar-refractivity contribution is -0.117. The van der Waals surface area contributed by atoms with Crippen molar-refractivity contribution in [1.82, 2.24) is 5.32 Å². The molecule has 0 unspecified atom stereocenters. The number of hydrogen-bond donors (Lipinski definition) is 1. The number of rotatable bonds is 5. The van der Waals surface area contributed by atoms with E-state index >= 15 is 0 Å². The van der Waals surface area contributed by atoms with Crippen LogP contribution in [0.4, 0.5) is 5.69 Å². The number of para-hydroxylation sites is 1. The first-order valence-corrected chi connectivity index (χ1v) is 10.5. The van der Waals surface area contributed by atoms with Crippen molar-refractivity contribution in [1.29, 1.82) is 0 Å². The van der Waals surface area contributed by atoms with Gasteiger partial charge in [0.15, 0.2) is 0 Å². The van der Waals surface area contributed by atoms with E-state index in [-0.39, 0.29) is 23.5 Å². The number of nitrogens with zero attached hydrogens (tertiary/aromatic N) is 1. The van der Waals surface area contributed by atoms with Gasteiger partial charge < -0.3 is 15.0 Å². The summed E-state index contributed by atoms with van der Waals surface area (Å²) in [5.74, 6) is 0.902. The Bertz CT molecular complexity index is 903. The fourth-order valence-corrected chi connectivity index (χ4v) is 4.39.